The second kappa shape index (κ2) is 7.90. The molecule has 1 aromatic rings. The summed E-state index contributed by atoms with van der Waals surface area (Å²) in [7, 11) is 2.10. The first-order chi connectivity index (χ1) is 9.58. The topological polar surface area (TPSA) is 23.5 Å². The fourth-order valence-electron chi connectivity index (χ4n) is 2.66. The van der Waals surface area contributed by atoms with E-state index < -0.39 is 0 Å². The van der Waals surface area contributed by atoms with Gasteiger partial charge in [-0.2, -0.15) is 0 Å². The molecule has 1 aliphatic carbocycles. The lowest BCUT2D eigenvalue weighted by atomic mass is 9.92. The van der Waals surface area contributed by atoms with Gasteiger partial charge in [-0.25, -0.2) is 0 Å². The second-order valence-corrected chi connectivity index (χ2v) is 7.30. The average molecular weight is 334 g/mol. The normalized spacial score (nSPS) is 23.2. The standard InChI is InChI=1S/C15H21Cl2NOS/c1-18(13-4-2-3-5-14(13)19)8-9-20-15-10-11(16)6-7-12(15)17/h6-7,10,13-14,19H,2-5,8-9H2,1H3. The van der Waals surface area contributed by atoms with E-state index in [1.54, 1.807) is 17.8 Å². The number of aliphatic hydroxyl groups is 1. The Morgan fingerprint density at radius 1 is 1.30 bits per heavy atom. The molecule has 2 atom stereocenters. The first-order valence-corrected chi connectivity index (χ1v) is 8.78. The maximum atomic E-state index is 10.0. The number of likely N-dealkylation sites (N-methyl/N-ethyl adjacent to an activating group) is 1. The third kappa shape index (κ3) is 4.54. The molecule has 5 heteroatoms. The maximum Gasteiger partial charge on any atom is 0.0695 e. The summed E-state index contributed by atoms with van der Waals surface area (Å²) in [6.07, 6.45) is 4.23. The summed E-state index contributed by atoms with van der Waals surface area (Å²) < 4.78 is 0. The first-order valence-electron chi connectivity index (χ1n) is 7.04. The SMILES string of the molecule is CN(CCSc1cc(Cl)ccc1Cl)C1CCCCC1O. The highest BCUT2D eigenvalue weighted by molar-refractivity contribution is 7.99. The zero-order chi connectivity index (χ0) is 14.5. The van der Waals surface area contributed by atoms with Gasteiger partial charge in [0.2, 0.25) is 0 Å². The van der Waals surface area contributed by atoms with Crippen LogP contribution in [-0.2, 0) is 0 Å². The van der Waals surface area contributed by atoms with Crippen molar-refractivity contribution in [3.05, 3.63) is 28.2 Å². The number of halogens is 2. The molecule has 1 saturated carbocycles. The van der Waals surface area contributed by atoms with Crippen molar-refractivity contribution < 1.29 is 5.11 Å². The van der Waals surface area contributed by atoms with Gasteiger partial charge < -0.3 is 10.0 Å². The number of nitrogens with zero attached hydrogens (tertiary/aromatic N) is 1. The largest absolute Gasteiger partial charge is 0.391 e. The van der Waals surface area contributed by atoms with Crippen molar-refractivity contribution in [1.82, 2.24) is 4.90 Å². The summed E-state index contributed by atoms with van der Waals surface area (Å²) in [5.41, 5.74) is 0. The quantitative estimate of drug-likeness (QED) is 0.811. The molecule has 2 nitrogen and oxygen atoms in total. The molecule has 2 unspecified atom stereocenters. The lowest BCUT2D eigenvalue weighted by molar-refractivity contribution is 0.0351. The molecule has 0 amide bonds. The molecular formula is C15H21Cl2NOS. The average Bonchev–Trinajstić information content (AvgIpc) is 2.43. The summed E-state index contributed by atoms with van der Waals surface area (Å²) in [6.45, 7) is 0.940. The van der Waals surface area contributed by atoms with Crippen LogP contribution in [0.15, 0.2) is 23.1 Å². The van der Waals surface area contributed by atoms with E-state index in [-0.39, 0.29) is 6.10 Å². The van der Waals surface area contributed by atoms with Crippen molar-refractivity contribution >= 4 is 35.0 Å². The van der Waals surface area contributed by atoms with Crippen LogP contribution >= 0.6 is 35.0 Å². The fourth-order valence-corrected chi connectivity index (χ4v) is 4.19. The van der Waals surface area contributed by atoms with Gasteiger partial charge in [0, 0.05) is 28.3 Å². The van der Waals surface area contributed by atoms with Crippen molar-refractivity contribution in [2.24, 2.45) is 0 Å². The molecule has 0 saturated heterocycles. The van der Waals surface area contributed by atoms with E-state index >= 15 is 0 Å². The Hall–Kier alpha value is 0.0700. The number of rotatable bonds is 5. The number of thioether (sulfide) groups is 1. The van der Waals surface area contributed by atoms with E-state index in [0.29, 0.717) is 11.1 Å². The Morgan fingerprint density at radius 2 is 2.05 bits per heavy atom. The molecule has 112 valence electrons. The Kier molecular flexibility index (Phi) is 6.50. The minimum atomic E-state index is -0.173. The van der Waals surface area contributed by atoms with Crippen LogP contribution in [0.25, 0.3) is 0 Å². The van der Waals surface area contributed by atoms with Gasteiger partial charge in [0.05, 0.1) is 11.1 Å². The fraction of sp³-hybridized carbons (Fsp3) is 0.600. The van der Waals surface area contributed by atoms with Crippen molar-refractivity contribution in [2.45, 2.75) is 42.7 Å². The van der Waals surface area contributed by atoms with Crippen LogP contribution in [0.4, 0.5) is 0 Å². The summed E-state index contributed by atoms with van der Waals surface area (Å²) in [4.78, 5) is 3.30. The number of hydrogen-bond acceptors (Lipinski definition) is 3. The second-order valence-electron chi connectivity index (χ2n) is 5.32. The monoisotopic (exact) mass is 333 g/mol. The highest BCUT2D eigenvalue weighted by atomic mass is 35.5. The molecule has 2 rings (SSSR count). The lowest BCUT2D eigenvalue weighted by Gasteiger charge is -2.35. The Bertz CT molecular complexity index is 444. The molecule has 0 aromatic heterocycles. The predicted molar refractivity (Wildman–Crippen MR) is 88.1 cm³/mol. The molecule has 1 fully saturated rings. The first kappa shape index (κ1) is 16.4. The van der Waals surface area contributed by atoms with Crippen LogP contribution in [0.5, 0.6) is 0 Å². The minimum Gasteiger partial charge on any atom is -0.391 e. The minimum absolute atomic E-state index is 0.173. The van der Waals surface area contributed by atoms with E-state index in [0.717, 1.165) is 41.5 Å². The molecule has 1 aliphatic rings. The highest BCUT2D eigenvalue weighted by Crippen LogP contribution is 2.30. The van der Waals surface area contributed by atoms with Gasteiger partial charge in [-0.05, 0) is 38.1 Å². The Balaban J connectivity index is 1.81. The molecule has 1 N–H and O–H groups in total. The molecule has 0 spiro atoms. The predicted octanol–water partition coefficient (Wildman–Crippen LogP) is 4.32. The summed E-state index contributed by atoms with van der Waals surface area (Å²) in [6, 6.07) is 5.85. The van der Waals surface area contributed by atoms with Gasteiger partial charge in [0.15, 0.2) is 0 Å². The molecule has 20 heavy (non-hydrogen) atoms. The van der Waals surface area contributed by atoms with Gasteiger partial charge in [0.1, 0.15) is 0 Å². The molecule has 1 aromatic carbocycles. The number of hydrogen-bond donors (Lipinski definition) is 1. The molecule has 0 radical (unpaired) electrons. The Labute approximate surface area is 135 Å². The van der Waals surface area contributed by atoms with Crippen LogP contribution in [0, 0.1) is 0 Å². The van der Waals surface area contributed by atoms with Crippen LogP contribution in [0.1, 0.15) is 25.7 Å². The summed E-state index contributed by atoms with van der Waals surface area (Å²) in [5, 5.41) is 11.5. The lowest BCUT2D eigenvalue weighted by Crippen LogP contribution is -2.44. The van der Waals surface area contributed by atoms with E-state index in [2.05, 4.69) is 11.9 Å². The van der Waals surface area contributed by atoms with E-state index in [1.165, 1.54) is 6.42 Å². The zero-order valence-electron chi connectivity index (χ0n) is 11.7. The third-order valence-corrected chi connectivity index (χ3v) is 5.57. The van der Waals surface area contributed by atoms with E-state index in [4.69, 9.17) is 23.2 Å². The van der Waals surface area contributed by atoms with Crippen molar-refractivity contribution in [3.8, 4) is 0 Å². The maximum absolute atomic E-state index is 10.0. The van der Waals surface area contributed by atoms with Gasteiger partial charge in [-0.1, -0.05) is 36.0 Å². The smallest absolute Gasteiger partial charge is 0.0695 e. The van der Waals surface area contributed by atoms with Crippen LogP contribution in [0.3, 0.4) is 0 Å². The van der Waals surface area contributed by atoms with Gasteiger partial charge in [-0.15, -0.1) is 11.8 Å². The molecule has 0 heterocycles. The number of aliphatic hydroxyl groups excluding tert-OH is 1. The molecule has 0 aliphatic heterocycles. The number of benzene rings is 1. The van der Waals surface area contributed by atoms with Crippen LogP contribution in [0.2, 0.25) is 10.0 Å². The van der Waals surface area contributed by atoms with E-state index in [1.807, 2.05) is 12.1 Å². The summed E-state index contributed by atoms with van der Waals surface area (Å²) in [5.74, 6) is 0.944. The van der Waals surface area contributed by atoms with Gasteiger partial charge >= 0.3 is 0 Å². The van der Waals surface area contributed by atoms with Crippen LogP contribution < -0.4 is 0 Å². The zero-order valence-corrected chi connectivity index (χ0v) is 14.0. The van der Waals surface area contributed by atoms with Crippen LogP contribution in [-0.4, -0.2) is 41.5 Å². The third-order valence-electron chi connectivity index (χ3n) is 3.85. The van der Waals surface area contributed by atoms with Gasteiger partial charge in [-0.3, -0.25) is 0 Å². The Morgan fingerprint density at radius 3 is 2.80 bits per heavy atom. The molecular weight excluding hydrogens is 313 g/mol. The highest BCUT2D eigenvalue weighted by Gasteiger charge is 2.26. The van der Waals surface area contributed by atoms with E-state index in [9.17, 15) is 5.11 Å². The van der Waals surface area contributed by atoms with Crippen molar-refractivity contribution in [1.29, 1.82) is 0 Å². The van der Waals surface area contributed by atoms with Gasteiger partial charge in [0.25, 0.3) is 0 Å². The van der Waals surface area contributed by atoms with Crippen molar-refractivity contribution in [3.63, 3.8) is 0 Å². The van der Waals surface area contributed by atoms with Crippen molar-refractivity contribution in [2.75, 3.05) is 19.3 Å². The summed E-state index contributed by atoms with van der Waals surface area (Å²) >= 11 is 13.8. The molecule has 0 bridgehead atoms.